The van der Waals surface area contributed by atoms with E-state index in [1.807, 2.05) is 0 Å². The minimum absolute atomic E-state index is 0.146. The highest BCUT2D eigenvalue weighted by atomic mass is 32.2. The van der Waals surface area contributed by atoms with E-state index >= 15 is 0 Å². The Morgan fingerprint density at radius 1 is 1.50 bits per heavy atom. The zero-order valence-electron chi connectivity index (χ0n) is 9.08. The first-order chi connectivity index (χ1) is 8.35. The van der Waals surface area contributed by atoms with Gasteiger partial charge in [0, 0.05) is 11.8 Å². The van der Waals surface area contributed by atoms with Crippen molar-refractivity contribution in [2.24, 2.45) is 0 Å². The Hall–Kier alpha value is -1.35. The van der Waals surface area contributed by atoms with E-state index in [0.29, 0.717) is 0 Å². The highest BCUT2D eigenvalue weighted by Crippen LogP contribution is 2.21. The Morgan fingerprint density at radius 3 is 2.72 bits per heavy atom. The van der Waals surface area contributed by atoms with Crippen LogP contribution >= 0.6 is 11.8 Å². The predicted molar refractivity (Wildman–Crippen MR) is 64.4 cm³/mol. The summed E-state index contributed by atoms with van der Waals surface area (Å²) in [5, 5.41) is 4.41. The average Bonchev–Trinajstić information content (AvgIpc) is 2.70. The molecular weight excluding hydrogens is 280 g/mol. The Kier molecular flexibility index (Phi) is 3.44. The molecule has 2 heterocycles. The van der Waals surface area contributed by atoms with Gasteiger partial charge in [0.05, 0.1) is 11.8 Å². The smallest absolute Gasteiger partial charge is 0.286 e. The first kappa shape index (κ1) is 13.1. The molecular formula is C9H10N2O5S2. The van der Waals surface area contributed by atoms with Crippen LogP contribution in [0.1, 0.15) is 6.42 Å². The maximum Gasteiger partial charge on any atom is 0.286 e. The summed E-state index contributed by atoms with van der Waals surface area (Å²) < 4.78 is 22.2. The van der Waals surface area contributed by atoms with E-state index < -0.39 is 38.2 Å². The summed E-state index contributed by atoms with van der Waals surface area (Å²) in [6, 6.07) is -0.562. The molecule has 0 aliphatic carbocycles. The first-order valence-electron chi connectivity index (χ1n) is 5.07. The van der Waals surface area contributed by atoms with Gasteiger partial charge in [0.25, 0.3) is 5.24 Å². The highest BCUT2D eigenvalue weighted by molar-refractivity contribution is 8.15. The lowest BCUT2D eigenvalue weighted by molar-refractivity contribution is -0.125. The number of rotatable bonds is 3. The number of hydrogen-bond donors (Lipinski definition) is 2. The Morgan fingerprint density at radius 2 is 2.22 bits per heavy atom. The van der Waals surface area contributed by atoms with Crippen LogP contribution in [0.15, 0.2) is 11.5 Å². The Bertz CT molecular complexity index is 539. The maximum atomic E-state index is 11.6. The van der Waals surface area contributed by atoms with Crippen molar-refractivity contribution >= 4 is 38.7 Å². The summed E-state index contributed by atoms with van der Waals surface area (Å²) in [6.07, 6.45) is 1.24. The lowest BCUT2D eigenvalue weighted by atomic mass is 10.2. The molecule has 2 rings (SSSR count). The topological polar surface area (TPSA) is 109 Å². The monoisotopic (exact) mass is 290 g/mol. The number of carbonyl (C=O) groups excluding carboxylic acids is 3. The van der Waals surface area contributed by atoms with Crippen molar-refractivity contribution in [3.05, 3.63) is 11.5 Å². The van der Waals surface area contributed by atoms with Gasteiger partial charge in [-0.1, -0.05) is 11.8 Å². The summed E-state index contributed by atoms with van der Waals surface area (Å²) in [7, 11) is -3.22. The average molecular weight is 290 g/mol. The zero-order valence-corrected chi connectivity index (χ0v) is 10.7. The van der Waals surface area contributed by atoms with Crippen LogP contribution in [-0.2, 0) is 19.4 Å². The summed E-state index contributed by atoms with van der Waals surface area (Å²) in [5.41, 5.74) is 0. The fraction of sp³-hybridized carbons (Fsp3) is 0.444. The Balaban J connectivity index is 1.85. The second-order valence-corrected chi connectivity index (χ2v) is 7.03. The number of carbonyl (C=O) groups is 3. The molecule has 2 atom stereocenters. The van der Waals surface area contributed by atoms with Gasteiger partial charge < -0.3 is 5.32 Å². The molecule has 2 aliphatic heterocycles. The lowest BCUT2D eigenvalue weighted by Gasteiger charge is -2.11. The molecule has 0 aromatic heterocycles. The Labute approximate surface area is 107 Å². The predicted octanol–water partition coefficient (Wildman–Crippen LogP) is -0.845. The van der Waals surface area contributed by atoms with Gasteiger partial charge in [-0.25, -0.2) is 8.42 Å². The van der Waals surface area contributed by atoms with Crippen LogP contribution in [0, 0.1) is 0 Å². The van der Waals surface area contributed by atoms with Crippen LogP contribution in [0.3, 0.4) is 0 Å². The molecule has 2 unspecified atom stereocenters. The molecule has 9 heteroatoms. The second-order valence-electron chi connectivity index (χ2n) is 3.92. The molecule has 0 saturated carbocycles. The van der Waals surface area contributed by atoms with Crippen LogP contribution in [0.4, 0.5) is 4.79 Å². The minimum atomic E-state index is -3.22. The van der Waals surface area contributed by atoms with Crippen molar-refractivity contribution in [1.29, 1.82) is 0 Å². The standard InChI is InChI=1S/C9H10N2O5S2/c12-7(3-6-8(13)11-9(14)17-6)10-5-1-2-18(15,16)4-5/h1-2,5-6H,3-4H2,(H,10,12)(H,11,13,14). The van der Waals surface area contributed by atoms with Gasteiger partial charge in [-0.3, -0.25) is 19.7 Å². The fourth-order valence-corrected chi connectivity index (χ4v) is 3.68. The third kappa shape index (κ3) is 3.10. The zero-order chi connectivity index (χ0) is 13.3. The van der Waals surface area contributed by atoms with Crippen molar-refractivity contribution < 1.29 is 22.8 Å². The summed E-state index contributed by atoms with van der Waals surface area (Å²) >= 11 is 0.763. The number of sulfone groups is 1. The van der Waals surface area contributed by atoms with Crippen LogP contribution in [0.5, 0.6) is 0 Å². The van der Waals surface area contributed by atoms with Gasteiger partial charge in [-0.05, 0) is 6.08 Å². The van der Waals surface area contributed by atoms with Crippen molar-refractivity contribution in [2.75, 3.05) is 5.75 Å². The van der Waals surface area contributed by atoms with Crippen molar-refractivity contribution in [3.63, 3.8) is 0 Å². The lowest BCUT2D eigenvalue weighted by Crippen LogP contribution is -2.38. The van der Waals surface area contributed by atoms with Gasteiger partial charge in [0.2, 0.25) is 11.8 Å². The summed E-state index contributed by atoms with van der Waals surface area (Å²) in [5.74, 6) is -1.11. The van der Waals surface area contributed by atoms with E-state index in [1.54, 1.807) is 0 Å². The molecule has 7 nitrogen and oxygen atoms in total. The van der Waals surface area contributed by atoms with Gasteiger partial charge >= 0.3 is 0 Å². The van der Waals surface area contributed by atoms with E-state index in [-0.39, 0.29) is 12.2 Å². The summed E-state index contributed by atoms with van der Waals surface area (Å²) in [4.78, 5) is 33.7. The largest absolute Gasteiger partial charge is 0.349 e. The minimum Gasteiger partial charge on any atom is -0.349 e. The van der Waals surface area contributed by atoms with E-state index in [9.17, 15) is 22.8 Å². The number of imide groups is 1. The normalized spacial score (nSPS) is 29.3. The van der Waals surface area contributed by atoms with E-state index in [1.165, 1.54) is 6.08 Å². The van der Waals surface area contributed by atoms with Crippen molar-refractivity contribution in [2.45, 2.75) is 17.7 Å². The van der Waals surface area contributed by atoms with Crippen LogP contribution in [-0.4, -0.2) is 42.5 Å². The molecule has 18 heavy (non-hydrogen) atoms. The van der Waals surface area contributed by atoms with E-state index in [4.69, 9.17) is 0 Å². The molecule has 98 valence electrons. The molecule has 0 spiro atoms. The molecule has 0 aromatic rings. The molecule has 1 fully saturated rings. The van der Waals surface area contributed by atoms with E-state index in [0.717, 1.165) is 17.2 Å². The molecule has 0 bridgehead atoms. The van der Waals surface area contributed by atoms with E-state index in [2.05, 4.69) is 10.6 Å². The molecule has 2 aliphatic rings. The fourth-order valence-electron chi connectivity index (χ4n) is 1.63. The number of thioether (sulfide) groups is 1. The van der Waals surface area contributed by atoms with Crippen LogP contribution in [0.25, 0.3) is 0 Å². The van der Waals surface area contributed by atoms with Crippen molar-refractivity contribution in [1.82, 2.24) is 10.6 Å². The molecule has 2 N–H and O–H groups in total. The molecule has 0 aromatic carbocycles. The van der Waals surface area contributed by atoms with Gasteiger partial charge in [0.15, 0.2) is 9.84 Å². The van der Waals surface area contributed by atoms with Gasteiger partial charge in [-0.15, -0.1) is 0 Å². The quantitative estimate of drug-likeness (QED) is 0.701. The highest BCUT2D eigenvalue weighted by Gasteiger charge is 2.34. The summed E-state index contributed by atoms with van der Waals surface area (Å²) in [6.45, 7) is 0. The van der Waals surface area contributed by atoms with Crippen LogP contribution < -0.4 is 10.6 Å². The molecule has 0 radical (unpaired) electrons. The number of amides is 3. The SMILES string of the molecule is O=C(CC1SC(=O)NC1=O)NC1C=CS(=O)(=O)C1. The third-order valence-electron chi connectivity index (χ3n) is 2.41. The van der Waals surface area contributed by atoms with Crippen molar-refractivity contribution in [3.8, 4) is 0 Å². The third-order valence-corrected chi connectivity index (χ3v) is 4.79. The number of nitrogens with one attached hydrogen (secondary N) is 2. The van der Waals surface area contributed by atoms with Gasteiger partial charge in [-0.2, -0.15) is 0 Å². The maximum absolute atomic E-state index is 11.6. The molecule has 1 saturated heterocycles. The van der Waals surface area contributed by atoms with Crippen LogP contribution in [0.2, 0.25) is 0 Å². The molecule has 3 amide bonds. The van der Waals surface area contributed by atoms with Gasteiger partial charge in [0.1, 0.15) is 5.25 Å². The second kappa shape index (κ2) is 4.73. The first-order valence-corrected chi connectivity index (χ1v) is 7.67. The number of hydrogen-bond acceptors (Lipinski definition) is 6.